The summed E-state index contributed by atoms with van der Waals surface area (Å²) in [6.07, 6.45) is 7.99. The van der Waals surface area contributed by atoms with Gasteiger partial charge in [0.15, 0.2) is 11.5 Å². The molecule has 120 valence electrons. The Morgan fingerprint density at radius 1 is 1.13 bits per heavy atom. The van der Waals surface area contributed by atoms with Crippen molar-refractivity contribution in [1.29, 1.82) is 0 Å². The van der Waals surface area contributed by atoms with Gasteiger partial charge in [0.2, 0.25) is 5.95 Å². The number of ether oxygens (including phenoxy) is 2. The van der Waals surface area contributed by atoms with Crippen LogP contribution in [0, 0.1) is 0 Å². The van der Waals surface area contributed by atoms with Crippen LogP contribution in [0.4, 0.5) is 5.95 Å². The molecule has 2 heterocycles. The van der Waals surface area contributed by atoms with Crippen LogP contribution in [0.25, 0.3) is 10.9 Å². The molecule has 3 rings (SSSR count). The van der Waals surface area contributed by atoms with Gasteiger partial charge in [0.1, 0.15) is 0 Å². The summed E-state index contributed by atoms with van der Waals surface area (Å²) in [6.45, 7) is 0.739. The van der Waals surface area contributed by atoms with E-state index in [0.717, 1.165) is 17.4 Å². The Balaban J connectivity index is 1.93. The fraction of sp³-hybridized carbons (Fsp3) is 0.294. The molecule has 0 fully saturated rings. The lowest BCUT2D eigenvalue weighted by Crippen LogP contribution is -2.24. The first-order valence-corrected chi connectivity index (χ1v) is 7.33. The van der Waals surface area contributed by atoms with Gasteiger partial charge in [-0.3, -0.25) is 0 Å². The van der Waals surface area contributed by atoms with Crippen molar-refractivity contribution in [3.63, 3.8) is 0 Å². The van der Waals surface area contributed by atoms with E-state index >= 15 is 0 Å². The van der Waals surface area contributed by atoms with Gasteiger partial charge in [0.25, 0.3) is 0 Å². The highest BCUT2D eigenvalue weighted by atomic mass is 16.5. The number of likely N-dealkylation sites (N-methyl/N-ethyl adjacent to an activating group) is 1. The van der Waals surface area contributed by atoms with Gasteiger partial charge in [-0.2, -0.15) is 0 Å². The molecule has 0 N–H and O–H groups in total. The van der Waals surface area contributed by atoms with Crippen LogP contribution < -0.4 is 14.4 Å². The average molecular weight is 312 g/mol. The Morgan fingerprint density at radius 2 is 1.87 bits per heavy atom. The van der Waals surface area contributed by atoms with Crippen LogP contribution in [0.2, 0.25) is 0 Å². The van der Waals surface area contributed by atoms with E-state index in [1.807, 2.05) is 43.4 Å². The van der Waals surface area contributed by atoms with Crippen LogP contribution in [0.3, 0.4) is 0 Å². The summed E-state index contributed by atoms with van der Waals surface area (Å²) in [6, 6.07) is 3.75. The maximum Gasteiger partial charge on any atom is 0.230 e. The highest BCUT2D eigenvalue weighted by Crippen LogP contribution is 2.31. The molecule has 0 saturated carbocycles. The first-order chi connectivity index (χ1) is 11.1. The van der Waals surface area contributed by atoms with E-state index in [-0.39, 0.29) is 0 Å². The minimum Gasteiger partial charge on any atom is -0.493 e. The summed E-state index contributed by atoms with van der Waals surface area (Å²) in [5.41, 5.74) is 2.00. The van der Waals surface area contributed by atoms with Gasteiger partial charge in [-0.15, -0.1) is 0 Å². The van der Waals surface area contributed by atoms with Gasteiger partial charge >= 0.3 is 0 Å². The summed E-state index contributed by atoms with van der Waals surface area (Å²) in [7, 11) is 7.29. The van der Waals surface area contributed by atoms with E-state index in [0.29, 0.717) is 17.4 Å². The van der Waals surface area contributed by atoms with Crippen molar-refractivity contribution in [1.82, 2.24) is 14.9 Å². The van der Waals surface area contributed by atoms with Crippen LogP contribution >= 0.6 is 0 Å². The molecule has 2 aromatic rings. The minimum atomic E-state index is 0.661. The van der Waals surface area contributed by atoms with Gasteiger partial charge in [-0.25, -0.2) is 9.97 Å². The number of nitrogens with zero attached hydrogens (tertiary/aromatic N) is 4. The third kappa shape index (κ3) is 2.92. The van der Waals surface area contributed by atoms with Crippen LogP contribution in [0.15, 0.2) is 42.4 Å². The summed E-state index contributed by atoms with van der Waals surface area (Å²) in [4.78, 5) is 13.2. The zero-order chi connectivity index (χ0) is 16.4. The zero-order valence-electron chi connectivity index (χ0n) is 13.8. The van der Waals surface area contributed by atoms with Gasteiger partial charge in [0, 0.05) is 50.2 Å². The normalized spacial score (nSPS) is 13.9. The monoisotopic (exact) mass is 312 g/mol. The quantitative estimate of drug-likeness (QED) is 0.864. The molecule has 1 aromatic heterocycles. The zero-order valence-corrected chi connectivity index (χ0v) is 13.8. The van der Waals surface area contributed by atoms with Gasteiger partial charge in [0.05, 0.1) is 19.7 Å². The first kappa shape index (κ1) is 15.1. The number of anilines is 1. The molecule has 0 radical (unpaired) electrons. The Morgan fingerprint density at radius 3 is 2.48 bits per heavy atom. The molecule has 0 amide bonds. The van der Waals surface area contributed by atoms with Crippen LogP contribution in [-0.2, 0) is 0 Å². The second kappa shape index (κ2) is 6.16. The molecular weight excluding hydrogens is 292 g/mol. The number of hydrogen-bond acceptors (Lipinski definition) is 6. The van der Waals surface area contributed by atoms with E-state index < -0.39 is 0 Å². The molecule has 0 atom stereocenters. The molecule has 0 unspecified atom stereocenters. The maximum atomic E-state index is 5.34. The second-order valence-corrected chi connectivity index (χ2v) is 5.43. The number of aromatic nitrogens is 2. The lowest BCUT2D eigenvalue weighted by atomic mass is 10.2. The molecule has 0 saturated heterocycles. The average Bonchev–Trinajstić information content (AvgIpc) is 2.60. The highest BCUT2D eigenvalue weighted by molar-refractivity contribution is 5.83. The van der Waals surface area contributed by atoms with Gasteiger partial charge < -0.3 is 19.3 Å². The third-order valence-electron chi connectivity index (χ3n) is 3.77. The van der Waals surface area contributed by atoms with Crippen molar-refractivity contribution in [3.05, 3.63) is 42.4 Å². The van der Waals surface area contributed by atoms with Crippen molar-refractivity contribution < 1.29 is 9.47 Å². The van der Waals surface area contributed by atoms with Crippen molar-refractivity contribution >= 4 is 16.9 Å². The predicted molar refractivity (Wildman–Crippen MR) is 90.9 cm³/mol. The molecule has 0 aliphatic carbocycles. The van der Waals surface area contributed by atoms with E-state index in [4.69, 9.17) is 9.47 Å². The summed E-state index contributed by atoms with van der Waals surface area (Å²) in [5.74, 6) is 2.00. The standard InChI is InChI=1S/C17H20N4O2/c1-20(2)13-5-7-21(8-6-13)17-18-11-12-9-15(22-3)16(23-4)10-14(12)19-17/h5-7,9-11H,8H2,1-4H3. The number of allylic oxidation sites excluding steroid dienone is 1. The van der Waals surface area contributed by atoms with E-state index in [9.17, 15) is 0 Å². The van der Waals surface area contributed by atoms with Crippen LogP contribution in [0.1, 0.15) is 0 Å². The van der Waals surface area contributed by atoms with Crippen molar-refractivity contribution in [2.75, 3.05) is 39.8 Å². The number of methoxy groups -OCH3 is 2. The Hall–Kier alpha value is -2.76. The Labute approximate surface area is 135 Å². The third-order valence-corrected chi connectivity index (χ3v) is 3.77. The van der Waals surface area contributed by atoms with Crippen LogP contribution in [0.5, 0.6) is 11.5 Å². The molecule has 6 nitrogen and oxygen atoms in total. The van der Waals surface area contributed by atoms with Crippen molar-refractivity contribution in [3.8, 4) is 11.5 Å². The molecule has 1 aliphatic rings. The number of rotatable bonds is 4. The molecule has 1 aromatic carbocycles. The maximum absolute atomic E-state index is 5.34. The largest absolute Gasteiger partial charge is 0.493 e. The van der Waals surface area contributed by atoms with Crippen molar-refractivity contribution in [2.24, 2.45) is 0 Å². The summed E-state index contributed by atoms with van der Waals surface area (Å²) >= 11 is 0. The molecule has 0 bridgehead atoms. The molecule has 1 aliphatic heterocycles. The lowest BCUT2D eigenvalue weighted by molar-refractivity contribution is 0.356. The summed E-state index contributed by atoms with van der Waals surface area (Å²) in [5, 5.41) is 0.914. The molecule has 0 spiro atoms. The Kier molecular flexibility index (Phi) is 4.06. The van der Waals surface area contributed by atoms with Gasteiger partial charge in [-0.1, -0.05) is 0 Å². The van der Waals surface area contributed by atoms with E-state index in [1.165, 1.54) is 5.70 Å². The topological polar surface area (TPSA) is 50.7 Å². The predicted octanol–water partition coefficient (Wildman–Crippen LogP) is 2.43. The number of hydrogen-bond donors (Lipinski definition) is 0. The van der Waals surface area contributed by atoms with Crippen LogP contribution in [-0.4, -0.2) is 49.7 Å². The van der Waals surface area contributed by atoms with Gasteiger partial charge in [-0.05, 0) is 18.2 Å². The number of fused-ring (bicyclic) bond motifs is 1. The molecular formula is C17H20N4O2. The minimum absolute atomic E-state index is 0.661. The smallest absolute Gasteiger partial charge is 0.230 e. The van der Waals surface area contributed by atoms with Crippen molar-refractivity contribution in [2.45, 2.75) is 0 Å². The summed E-state index contributed by atoms with van der Waals surface area (Å²) < 4.78 is 10.7. The van der Waals surface area contributed by atoms with E-state index in [2.05, 4.69) is 20.9 Å². The van der Waals surface area contributed by atoms with E-state index in [1.54, 1.807) is 20.4 Å². The first-order valence-electron chi connectivity index (χ1n) is 7.33. The Bertz CT molecular complexity index is 784. The SMILES string of the molecule is COc1cc2cnc(N3C=CC(N(C)C)=CC3)nc2cc1OC. The lowest BCUT2D eigenvalue weighted by Gasteiger charge is -2.24. The number of benzene rings is 1. The molecule has 23 heavy (non-hydrogen) atoms. The fourth-order valence-corrected chi connectivity index (χ4v) is 2.45. The molecule has 6 heteroatoms. The second-order valence-electron chi connectivity index (χ2n) is 5.43. The highest BCUT2D eigenvalue weighted by Gasteiger charge is 2.13. The fourth-order valence-electron chi connectivity index (χ4n) is 2.45.